The van der Waals surface area contributed by atoms with Crippen molar-refractivity contribution in [3.05, 3.63) is 34.9 Å². The number of carbonyl (C=O) groups excluding carboxylic acids is 1. The summed E-state index contributed by atoms with van der Waals surface area (Å²) in [5, 5.41) is 11.5. The van der Waals surface area contributed by atoms with Gasteiger partial charge in [0, 0.05) is 23.1 Å². The number of benzene rings is 2. The highest BCUT2D eigenvalue weighted by atomic mass is 16.6. The van der Waals surface area contributed by atoms with Gasteiger partial charge in [-0.2, -0.15) is 0 Å². The van der Waals surface area contributed by atoms with Crippen molar-refractivity contribution in [3.8, 4) is 45.6 Å². The summed E-state index contributed by atoms with van der Waals surface area (Å²) in [7, 11) is 7.63. The summed E-state index contributed by atoms with van der Waals surface area (Å²) in [5.41, 5.74) is 2.17. The van der Waals surface area contributed by atoms with Crippen molar-refractivity contribution in [1.29, 1.82) is 0 Å². The molecule has 36 heavy (non-hydrogen) atoms. The van der Waals surface area contributed by atoms with Crippen LogP contribution in [0.2, 0.25) is 0 Å². The molecule has 0 radical (unpaired) electrons. The number of ether oxygens (including phenoxy) is 6. The maximum Gasteiger partial charge on any atom is 0.338 e. The van der Waals surface area contributed by atoms with Gasteiger partial charge < -0.3 is 33.5 Å². The zero-order valence-corrected chi connectivity index (χ0v) is 22.5. The second-order valence-corrected chi connectivity index (χ2v) is 9.16. The monoisotopic (exact) mass is 500 g/mol. The van der Waals surface area contributed by atoms with Gasteiger partial charge in [0.05, 0.1) is 41.2 Å². The number of carbonyl (C=O) groups is 1. The lowest BCUT2D eigenvalue weighted by Crippen LogP contribution is -2.37. The van der Waals surface area contributed by atoms with Gasteiger partial charge in [-0.15, -0.1) is 0 Å². The van der Waals surface area contributed by atoms with Gasteiger partial charge in [0.2, 0.25) is 11.5 Å². The smallest absolute Gasteiger partial charge is 0.338 e. The zero-order valence-electron chi connectivity index (χ0n) is 22.5. The Balaban J connectivity index is 2.56. The van der Waals surface area contributed by atoms with Crippen LogP contribution in [0.3, 0.4) is 0 Å². The van der Waals surface area contributed by atoms with E-state index in [1.807, 2.05) is 26.0 Å². The van der Waals surface area contributed by atoms with Crippen LogP contribution in [-0.2, 0) is 17.6 Å². The van der Waals surface area contributed by atoms with Crippen molar-refractivity contribution in [2.75, 3.05) is 35.5 Å². The number of rotatable bonds is 7. The Morgan fingerprint density at radius 2 is 1.39 bits per heavy atom. The summed E-state index contributed by atoms with van der Waals surface area (Å²) in [6.45, 7) is 7.25. The van der Waals surface area contributed by atoms with Crippen LogP contribution in [0.15, 0.2) is 23.8 Å². The summed E-state index contributed by atoms with van der Waals surface area (Å²) >= 11 is 0. The quantitative estimate of drug-likeness (QED) is 0.331. The van der Waals surface area contributed by atoms with Crippen molar-refractivity contribution in [1.82, 2.24) is 0 Å². The number of hydrogen-bond donors (Lipinski definition) is 1. The van der Waals surface area contributed by atoms with Gasteiger partial charge in [-0.3, -0.25) is 0 Å². The second-order valence-electron chi connectivity index (χ2n) is 9.16. The Labute approximate surface area is 212 Å². The van der Waals surface area contributed by atoms with E-state index in [0.717, 1.165) is 11.1 Å². The third-order valence-corrected chi connectivity index (χ3v) is 6.96. The highest BCUT2D eigenvalue weighted by molar-refractivity contribution is 5.94. The van der Waals surface area contributed by atoms with E-state index in [2.05, 4.69) is 0 Å². The summed E-state index contributed by atoms with van der Waals surface area (Å²) in [5.74, 6) is 1.46. The van der Waals surface area contributed by atoms with Crippen molar-refractivity contribution in [2.45, 2.75) is 46.1 Å². The lowest BCUT2D eigenvalue weighted by atomic mass is 9.75. The Morgan fingerprint density at radius 3 is 1.89 bits per heavy atom. The van der Waals surface area contributed by atoms with Gasteiger partial charge >= 0.3 is 5.97 Å². The van der Waals surface area contributed by atoms with E-state index in [9.17, 15) is 9.90 Å². The molecular formula is C28H36O8. The molecule has 0 bridgehead atoms. The fourth-order valence-electron chi connectivity index (χ4n) is 4.57. The Bertz CT molecular complexity index is 1180. The van der Waals surface area contributed by atoms with Gasteiger partial charge in [0.15, 0.2) is 23.0 Å². The summed E-state index contributed by atoms with van der Waals surface area (Å²) in [6, 6.07) is 3.68. The lowest BCUT2D eigenvalue weighted by Gasteiger charge is -2.36. The molecule has 0 amide bonds. The number of allylic oxidation sites excluding steroid dienone is 1. The fourth-order valence-corrected chi connectivity index (χ4v) is 4.57. The molecule has 1 aliphatic rings. The molecule has 0 saturated carbocycles. The molecule has 2 atom stereocenters. The Kier molecular flexibility index (Phi) is 8.09. The van der Waals surface area contributed by atoms with E-state index in [1.165, 1.54) is 28.4 Å². The topological polar surface area (TPSA) is 92.7 Å². The highest BCUT2D eigenvalue weighted by Crippen LogP contribution is 2.56. The summed E-state index contributed by atoms with van der Waals surface area (Å²) < 4.78 is 34.5. The molecule has 0 spiro atoms. The highest BCUT2D eigenvalue weighted by Gasteiger charge is 2.38. The van der Waals surface area contributed by atoms with Crippen LogP contribution in [0, 0.1) is 5.92 Å². The zero-order chi connectivity index (χ0) is 26.8. The summed E-state index contributed by atoms with van der Waals surface area (Å²) in [4.78, 5) is 13.0. The van der Waals surface area contributed by atoms with Crippen LogP contribution in [0.1, 0.15) is 38.8 Å². The standard InChI is InChI=1S/C28H36O8/c1-10-15(2)27(29)36-26-21-17(12-19(31-5)24(26)34-8)11-16(3)28(4,30)14-18-13-20(32-6)23(33-7)25(35-9)22(18)21/h10,12-13,16,30H,11,14H2,1-9H3/b15-10-/t16-,28-/m1/s1. The molecule has 196 valence electrons. The molecule has 0 aliphatic heterocycles. The minimum atomic E-state index is -1.05. The molecule has 8 heteroatoms. The molecule has 0 unspecified atom stereocenters. The average molecular weight is 501 g/mol. The van der Waals surface area contributed by atoms with E-state index in [1.54, 1.807) is 27.0 Å². The van der Waals surface area contributed by atoms with Gasteiger partial charge in [0.1, 0.15) is 0 Å². The Hall–Kier alpha value is -3.39. The molecule has 2 aromatic rings. The average Bonchev–Trinajstić information content (AvgIpc) is 2.86. The van der Waals surface area contributed by atoms with Crippen LogP contribution in [0.25, 0.3) is 11.1 Å². The number of esters is 1. The summed E-state index contributed by atoms with van der Waals surface area (Å²) in [6.07, 6.45) is 2.46. The van der Waals surface area contributed by atoms with Crippen LogP contribution in [0.5, 0.6) is 34.5 Å². The molecule has 8 nitrogen and oxygen atoms in total. The first-order valence-electron chi connectivity index (χ1n) is 11.8. The first-order valence-corrected chi connectivity index (χ1v) is 11.8. The molecule has 0 fully saturated rings. The molecule has 1 aliphatic carbocycles. The minimum Gasteiger partial charge on any atom is -0.493 e. The van der Waals surface area contributed by atoms with Gasteiger partial charge in [-0.05, 0) is 56.4 Å². The number of aliphatic hydroxyl groups is 1. The van der Waals surface area contributed by atoms with E-state index in [-0.39, 0.29) is 17.4 Å². The van der Waals surface area contributed by atoms with Crippen LogP contribution >= 0.6 is 0 Å². The second kappa shape index (κ2) is 10.7. The molecule has 0 heterocycles. The minimum absolute atomic E-state index is 0.151. The number of fused-ring (bicyclic) bond motifs is 3. The Morgan fingerprint density at radius 1 is 0.889 bits per heavy atom. The van der Waals surface area contributed by atoms with Gasteiger partial charge in [-0.1, -0.05) is 13.0 Å². The third-order valence-electron chi connectivity index (χ3n) is 6.96. The molecular weight excluding hydrogens is 464 g/mol. The van der Waals surface area contributed by atoms with Crippen LogP contribution in [0.4, 0.5) is 0 Å². The van der Waals surface area contributed by atoms with Crippen molar-refractivity contribution < 1.29 is 38.3 Å². The SMILES string of the molecule is C/C=C(/C)C(=O)Oc1c(OC)c(OC)cc2c1-c1c(cc(OC)c(OC)c1OC)C[C@@](C)(O)[C@H](C)C2. The molecule has 0 aromatic heterocycles. The van der Waals surface area contributed by atoms with E-state index >= 15 is 0 Å². The molecule has 1 N–H and O–H groups in total. The van der Waals surface area contributed by atoms with Crippen molar-refractivity contribution in [3.63, 3.8) is 0 Å². The van der Waals surface area contributed by atoms with Gasteiger partial charge in [-0.25, -0.2) is 4.79 Å². The van der Waals surface area contributed by atoms with Crippen molar-refractivity contribution in [2.24, 2.45) is 5.92 Å². The first-order chi connectivity index (χ1) is 17.1. The predicted octanol–water partition coefficient (Wildman–Crippen LogP) is 4.75. The van der Waals surface area contributed by atoms with Crippen LogP contribution < -0.4 is 28.4 Å². The van der Waals surface area contributed by atoms with Crippen LogP contribution in [-0.4, -0.2) is 52.2 Å². The predicted molar refractivity (Wildman–Crippen MR) is 137 cm³/mol. The molecule has 3 rings (SSSR count). The van der Waals surface area contributed by atoms with Crippen molar-refractivity contribution >= 4 is 5.97 Å². The largest absolute Gasteiger partial charge is 0.493 e. The maximum atomic E-state index is 13.0. The number of methoxy groups -OCH3 is 5. The first kappa shape index (κ1) is 27.2. The third kappa shape index (κ3) is 4.69. The fraction of sp³-hybridized carbons (Fsp3) is 0.464. The molecule has 2 aromatic carbocycles. The van der Waals surface area contributed by atoms with E-state index < -0.39 is 11.6 Å². The molecule has 0 saturated heterocycles. The number of hydrogen-bond acceptors (Lipinski definition) is 8. The normalized spacial score (nSPS) is 19.3. The lowest BCUT2D eigenvalue weighted by molar-refractivity contribution is -0.130. The van der Waals surface area contributed by atoms with Gasteiger partial charge in [0.25, 0.3) is 0 Å². The van der Waals surface area contributed by atoms with E-state index in [0.29, 0.717) is 52.5 Å². The maximum absolute atomic E-state index is 13.0. The van der Waals surface area contributed by atoms with E-state index in [4.69, 9.17) is 28.4 Å².